The molecule has 0 saturated carbocycles. The zero-order valence-electron chi connectivity index (χ0n) is 18.3. The summed E-state index contributed by atoms with van der Waals surface area (Å²) >= 11 is 6.16. The molecule has 1 unspecified atom stereocenters. The number of benzene rings is 2. The van der Waals surface area contributed by atoms with Crippen molar-refractivity contribution in [2.45, 2.75) is 52.2 Å². The monoisotopic (exact) mass is 426 g/mol. The molecule has 2 aliphatic rings. The van der Waals surface area contributed by atoms with Gasteiger partial charge in [-0.05, 0) is 70.4 Å². The number of ether oxygens (including phenoxy) is 1. The van der Waals surface area contributed by atoms with Crippen molar-refractivity contribution in [3.63, 3.8) is 0 Å². The van der Waals surface area contributed by atoms with Crippen LogP contribution in [0.2, 0.25) is 5.02 Å². The molecule has 2 heterocycles. The van der Waals surface area contributed by atoms with Crippen molar-refractivity contribution < 1.29 is 9.53 Å². The topological polar surface area (TPSA) is 32.8 Å². The number of likely N-dealkylation sites (tertiary alicyclic amines) is 1. The number of hydrogen-bond acceptors (Lipinski definition) is 3. The van der Waals surface area contributed by atoms with Crippen molar-refractivity contribution in [2.75, 3.05) is 24.5 Å². The first-order valence-electron chi connectivity index (χ1n) is 10.7. The number of carbonyl (C=O) groups is 1. The molecule has 2 aromatic rings. The average Bonchev–Trinajstić information content (AvgIpc) is 2.68. The highest BCUT2D eigenvalue weighted by atomic mass is 35.5. The Hall–Kier alpha value is -2.20. The second-order valence-corrected chi connectivity index (χ2v) is 10.2. The maximum Gasteiger partial charge on any atom is 0.410 e. The number of nitrogens with zero attached hydrogens (tertiary/aromatic N) is 2. The third-order valence-corrected chi connectivity index (χ3v) is 6.59. The second kappa shape index (κ2) is 7.81. The SMILES string of the molecule is Cc1ccc(N2CC3(CCN(C(=O)OC(C)(C)C)CC3)C2c2ccc(Cl)cc2)cc1. The molecule has 4 nitrogen and oxygen atoms in total. The van der Waals surface area contributed by atoms with E-state index in [-0.39, 0.29) is 11.5 Å². The highest BCUT2D eigenvalue weighted by Crippen LogP contribution is 2.56. The van der Waals surface area contributed by atoms with Gasteiger partial charge >= 0.3 is 6.09 Å². The molecule has 1 amide bonds. The van der Waals surface area contributed by atoms with E-state index in [1.165, 1.54) is 16.8 Å². The predicted molar refractivity (Wildman–Crippen MR) is 122 cm³/mol. The van der Waals surface area contributed by atoms with Crippen LogP contribution in [0.1, 0.15) is 50.8 Å². The van der Waals surface area contributed by atoms with Gasteiger partial charge in [-0.15, -0.1) is 0 Å². The van der Waals surface area contributed by atoms with Gasteiger partial charge in [0.15, 0.2) is 0 Å². The minimum absolute atomic E-state index is 0.164. The fourth-order valence-electron chi connectivity index (χ4n) is 4.78. The van der Waals surface area contributed by atoms with Crippen LogP contribution in [0.15, 0.2) is 48.5 Å². The van der Waals surface area contributed by atoms with Crippen LogP contribution < -0.4 is 4.90 Å². The summed E-state index contributed by atoms with van der Waals surface area (Å²) in [7, 11) is 0. The van der Waals surface area contributed by atoms with Crippen LogP contribution >= 0.6 is 11.6 Å². The van der Waals surface area contributed by atoms with Gasteiger partial charge in [0.1, 0.15) is 5.60 Å². The van der Waals surface area contributed by atoms with Crippen molar-refractivity contribution in [3.8, 4) is 0 Å². The van der Waals surface area contributed by atoms with Crippen LogP contribution in [0, 0.1) is 12.3 Å². The van der Waals surface area contributed by atoms with Crippen LogP contribution in [-0.4, -0.2) is 36.2 Å². The molecule has 1 atom stereocenters. The van der Waals surface area contributed by atoms with Crippen LogP contribution in [0.5, 0.6) is 0 Å². The van der Waals surface area contributed by atoms with Crippen molar-refractivity contribution in [3.05, 3.63) is 64.7 Å². The van der Waals surface area contributed by atoms with Gasteiger partial charge in [-0.2, -0.15) is 0 Å². The van der Waals surface area contributed by atoms with E-state index in [9.17, 15) is 4.79 Å². The Morgan fingerprint density at radius 3 is 2.20 bits per heavy atom. The van der Waals surface area contributed by atoms with E-state index in [1.807, 2.05) is 37.8 Å². The normalized spacial score (nSPS) is 20.8. The van der Waals surface area contributed by atoms with Crippen molar-refractivity contribution in [1.82, 2.24) is 4.90 Å². The molecule has 0 aromatic heterocycles. The largest absolute Gasteiger partial charge is 0.444 e. The summed E-state index contributed by atoms with van der Waals surface area (Å²) in [6.07, 6.45) is 1.75. The molecule has 5 heteroatoms. The molecule has 2 aromatic carbocycles. The lowest BCUT2D eigenvalue weighted by molar-refractivity contribution is -0.00586. The van der Waals surface area contributed by atoms with Gasteiger partial charge in [0.05, 0.1) is 6.04 Å². The summed E-state index contributed by atoms with van der Waals surface area (Å²) in [5.41, 5.74) is 3.51. The second-order valence-electron chi connectivity index (χ2n) is 9.75. The molecule has 0 aliphatic carbocycles. The number of aryl methyl sites for hydroxylation is 1. The molecular weight excluding hydrogens is 396 g/mol. The quantitative estimate of drug-likeness (QED) is 0.570. The fourth-order valence-corrected chi connectivity index (χ4v) is 4.91. The number of halogens is 1. The molecule has 2 saturated heterocycles. The zero-order chi connectivity index (χ0) is 21.5. The van der Waals surface area contributed by atoms with E-state index in [2.05, 4.69) is 48.2 Å². The van der Waals surface area contributed by atoms with Crippen LogP contribution in [0.25, 0.3) is 0 Å². The standard InChI is InChI=1S/C25H31ClN2O2/c1-18-5-11-21(12-6-18)28-17-25(22(28)19-7-9-20(26)10-8-19)13-15-27(16-14-25)23(29)30-24(2,3)4/h5-12,22H,13-17H2,1-4H3. The number of hydrogen-bond donors (Lipinski definition) is 0. The van der Waals surface area contributed by atoms with E-state index in [1.54, 1.807) is 0 Å². The van der Waals surface area contributed by atoms with E-state index < -0.39 is 5.60 Å². The number of rotatable bonds is 2. The first-order valence-corrected chi connectivity index (χ1v) is 11.1. The minimum atomic E-state index is -0.462. The lowest BCUT2D eigenvalue weighted by atomic mass is 9.63. The Bertz CT molecular complexity index is 894. The number of piperidine rings is 1. The first kappa shape index (κ1) is 21.0. The van der Waals surface area contributed by atoms with E-state index >= 15 is 0 Å². The van der Waals surface area contributed by atoms with Crippen molar-refractivity contribution >= 4 is 23.4 Å². The highest BCUT2D eigenvalue weighted by Gasteiger charge is 2.54. The predicted octanol–water partition coefficient (Wildman–Crippen LogP) is 6.23. The number of anilines is 1. The summed E-state index contributed by atoms with van der Waals surface area (Å²) < 4.78 is 5.59. The Labute approximate surface area is 184 Å². The van der Waals surface area contributed by atoms with Crippen LogP contribution in [0.3, 0.4) is 0 Å². The van der Waals surface area contributed by atoms with Gasteiger partial charge in [-0.1, -0.05) is 41.4 Å². The summed E-state index contributed by atoms with van der Waals surface area (Å²) in [6, 6.07) is 17.3. The molecule has 0 bridgehead atoms. The van der Waals surface area contributed by atoms with Gasteiger partial charge in [0, 0.05) is 35.8 Å². The number of carbonyl (C=O) groups excluding carboxylic acids is 1. The minimum Gasteiger partial charge on any atom is -0.444 e. The lowest BCUT2D eigenvalue weighted by Crippen LogP contribution is -2.63. The van der Waals surface area contributed by atoms with Crippen LogP contribution in [0.4, 0.5) is 10.5 Å². The molecule has 0 radical (unpaired) electrons. The van der Waals surface area contributed by atoms with Crippen LogP contribution in [-0.2, 0) is 4.74 Å². The van der Waals surface area contributed by atoms with Gasteiger partial charge in [-0.3, -0.25) is 0 Å². The Morgan fingerprint density at radius 2 is 1.63 bits per heavy atom. The first-order chi connectivity index (χ1) is 14.2. The Balaban J connectivity index is 1.55. The molecule has 2 fully saturated rings. The van der Waals surface area contributed by atoms with Crippen molar-refractivity contribution in [2.24, 2.45) is 5.41 Å². The summed E-state index contributed by atoms with van der Waals surface area (Å²) in [5, 5.41) is 0.758. The van der Waals surface area contributed by atoms with Crippen molar-refractivity contribution in [1.29, 1.82) is 0 Å². The maximum atomic E-state index is 12.5. The third-order valence-electron chi connectivity index (χ3n) is 6.34. The molecule has 4 rings (SSSR count). The maximum absolute atomic E-state index is 12.5. The molecule has 30 heavy (non-hydrogen) atoms. The lowest BCUT2D eigenvalue weighted by Gasteiger charge is -2.61. The van der Waals surface area contributed by atoms with Gasteiger partial charge < -0.3 is 14.5 Å². The summed E-state index contributed by atoms with van der Waals surface area (Å²) in [5.74, 6) is 0. The van der Waals surface area contributed by atoms with E-state index in [4.69, 9.17) is 16.3 Å². The number of amides is 1. The zero-order valence-corrected chi connectivity index (χ0v) is 19.1. The average molecular weight is 427 g/mol. The fraction of sp³-hybridized carbons (Fsp3) is 0.480. The third kappa shape index (κ3) is 4.15. The van der Waals surface area contributed by atoms with E-state index in [0.717, 1.165) is 37.5 Å². The highest BCUT2D eigenvalue weighted by molar-refractivity contribution is 6.30. The molecule has 2 aliphatic heterocycles. The Morgan fingerprint density at radius 1 is 1.03 bits per heavy atom. The smallest absolute Gasteiger partial charge is 0.410 e. The van der Waals surface area contributed by atoms with Gasteiger partial charge in [-0.25, -0.2) is 4.79 Å². The van der Waals surface area contributed by atoms with E-state index in [0.29, 0.717) is 6.04 Å². The summed E-state index contributed by atoms with van der Waals surface area (Å²) in [4.78, 5) is 16.9. The molecule has 160 valence electrons. The van der Waals surface area contributed by atoms with Gasteiger partial charge in [0.25, 0.3) is 0 Å². The molecule has 0 N–H and O–H groups in total. The van der Waals surface area contributed by atoms with Gasteiger partial charge in [0.2, 0.25) is 0 Å². The molecule has 1 spiro atoms. The summed E-state index contributed by atoms with van der Waals surface area (Å²) in [6.45, 7) is 10.3. The molecular formula is C25H31ClN2O2. The Kier molecular flexibility index (Phi) is 5.48.